The highest BCUT2D eigenvalue weighted by molar-refractivity contribution is 5.46. The van der Waals surface area contributed by atoms with E-state index in [-0.39, 0.29) is 0 Å². The van der Waals surface area contributed by atoms with Gasteiger partial charge in [0.25, 0.3) is 0 Å². The van der Waals surface area contributed by atoms with Crippen molar-refractivity contribution in [1.29, 1.82) is 0 Å². The molecule has 5 heteroatoms. The molecule has 2 rings (SSSR count). The molecular formula is C14H30N4O. The van der Waals surface area contributed by atoms with Crippen molar-refractivity contribution < 1.29 is 4.79 Å². The number of nitrogens with zero attached hydrogens (tertiary/aromatic N) is 3. The van der Waals surface area contributed by atoms with Crippen LogP contribution in [0.3, 0.4) is 0 Å². The lowest BCUT2D eigenvalue weighted by Crippen LogP contribution is -2.27. The first-order chi connectivity index (χ1) is 9.22. The number of aromatic nitrogens is 2. The van der Waals surface area contributed by atoms with Gasteiger partial charge in [0.2, 0.25) is 6.41 Å². The third kappa shape index (κ3) is 11.5. The van der Waals surface area contributed by atoms with Crippen molar-refractivity contribution in [3.63, 3.8) is 0 Å². The van der Waals surface area contributed by atoms with Crippen LogP contribution in [0.15, 0.2) is 12.5 Å². The lowest BCUT2D eigenvalue weighted by atomic mass is 10.1. The summed E-state index contributed by atoms with van der Waals surface area (Å²) in [7, 11) is 3.46. The average Bonchev–Trinajstić information content (AvgIpc) is 2.88. The van der Waals surface area contributed by atoms with E-state index in [2.05, 4.69) is 10.7 Å². The van der Waals surface area contributed by atoms with E-state index in [9.17, 15) is 4.79 Å². The maximum absolute atomic E-state index is 10.1. The van der Waals surface area contributed by atoms with E-state index in [1.54, 1.807) is 6.33 Å². The zero-order valence-electron chi connectivity index (χ0n) is 13.1. The van der Waals surface area contributed by atoms with Gasteiger partial charge in [-0.2, -0.15) is 0 Å². The smallest absolute Gasteiger partial charge is 0.209 e. The minimum atomic E-state index is 0.944. The summed E-state index contributed by atoms with van der Waals surface area (Å²) in [5, 5.41) is 0. The molecular weight excluding hydrogens is 240 g/mol. The number of carbonyl (C=O) groups is 1. The number of amides is 1. The third-order valence-corrected chi connectivity index (χ3v) is 2.37. The summed E-state index contributed by atoms with van der Waals surface area (Å²) < 4.78 is 1.93. The molecule has 2 N–H and O–H groups in total. The molecule has 19 heavy (non-hydrogen) atoms. The van der Waals surface area contributed by atoms with Gasteiger partial charge in [0.15, 0.2) is 0 Å². The highest BCUT2D eigenvalue weighted by atomic mass is 16.1. The van der Waals surface area contributed by atoms with Crippen LogP contribution in [0.25, 0.3) is 0 Å². The van der Waals surface area contributed by atoms with Crippen molar-refractivity contribution in [3.8, 4) is 0 Å². The van der Waals surface area contributed by atoms with Crippen LogP contribution in [0.2, 0.25) is 0 Å². The van der Waals surface area contributed by atoms with Gasteiger partial charge in [0.1, 0.15) is 0 Å². The summed E-state index contributed by atoms with van der Waals surface area (Å²) in [5.74, 6) is 0. The average molecular weight is 270 g/mol. The minimum Gasteiger partial charge on any atom is -0.345 e. The summed E-state index contributed by atoms with van der Waals surface area (Å²) in [6.07, 6.45) is 8.39. The second-order valence-electron chi connectivity index (χ2n) is 3.88. The van der Waals surface area contributed by atoms with Gasteiger partial charge in [-0.15, -0.1) is 0 Å². The monoisotopic (exact) mass is 270 g/mol. The van der Waals surface area contributed by atoms with Crippen LogP contribution in [0.5, 0.6) is 0 Å². The van der Waals surface area contributed by atoms with Crippen LogP contribution in [0.1, 0.15) is 38.8 Å². The second-order valence-corrected chi connectivity index (χ2v) is 3.88. The number of rotatable bonds is 1. The maximum atomic E-state index is 10.1. The third-order valence-electron chi connectivity index (χ3n) is 2.37. The number of nitrogens with two attached hydrogens (primary N) is 1. The SMILES string of the molecule is CC.CN.Cc1cn(C)cn1.O=CN1CCCCC1. The van der Waals surface area contributed by atoms with E-state index in [0.29, 0.717) is 0 Å². The van der Waals surface area contributed by atoms with E-state index in [1.807, 2.05) is 43.5 Å². The second kappa shape index (κ2) is 14.7. The van der Waals surface area contributed by atoms with Crippen molar-refractivity contribution in [2.24, 2.45) is 12.8 Å². The molecule has 0 radical (unpaired) electrons. The van der Waals surface area contributed by atoms with Gasteiger partial charge in [-0.3, -0.25) is 4.79 Å². The zero-order valence-corrected chi connectivity index (χ0v) is 13.1. The topological polar surface area (TPSA) is 64.2 Å². The Morgan fingerprint density at radius 1 is 1.21 bits per heavy atom. The highest BCUT2D eigenvalue weighted by Crippen LogP contribution is 2.05. The molecule has 0 spiro atoms. The predicted molar refractivity (Wildman–Crippen MR) is 80.9 cm³/mol. The van der Waals surface area contributed by atoms with E-state index >= 15 is 0 Å². The molecule has 0 unspecified atom stereocenters. The Balaban J connectivity index is 0. The molecule has 0 aromatic carbocycles. The molecule has 0 atom stereocenters. The fourth-order valence-electron chi connectivity index (χ4n) is 1.57. The van der Waals surface area contributed by atoms with Crippen molar-refractivity contribution in [2.45, 2.75) is 40.0 Å². The van der Waals surface area contributed by atoms with E-state index in [4.69, 9.17) is 0 Å². The Hall–Kier alpha value is -1.36. The summed E-state index contributed by atoms with van der Waals surface area (Å²) in [6.45, 7) is 7.92. The van der Waals surface area contributed by atoms with Gasteiger partial charge in [-0.1, -0.05) is 13.8 Å². The number of hydrogen-bond acceptors (Lipinski definition) is 3. The first-order valence-electron chi connectivity index (χ1n) is 6.94. The van der Waals surface area contributed by atoms with Crippen LogP contribution in [-0.4, -0.2) is 41.0 Å². The fourth-order valence-corrected chi connectivity index (χ4v) is 1.57. The molecule has 5 nitrogen and oxygen atoms in total. The molecule has 1 aromatic heterocycles. The number of hydrogen-bond donors (Lipinski definition) is 1. The Morgan fingerprint density at radius 2 is 1.74 bits per heavy atom. The zero-order chi connectivity index (χ0) is 15.1. The predicted octanol–water partition coefficient (Wildman–Crippen LogP) is 1.96. The Bertz CT molecular complexity index is 277. The number of piperidine rings is 1. The van der Waals surface area contributed by atoms with Crippen molar-refractivity contribution in [1.82, 2.24) is 14.5 Å². The molecule has 0 saturated carbocycles. The van der Waals surface area contributed by atoms with Crippen LogP contribution in [-0.2, 0) is 11.8 Å². The molecule has 0 aliphatic carbocycles. The van der Waals surface area contributed by atoms with Gasteiger partial charge in [-0.05, 0) is 33.2 Å². The molecule has 1 aliphatic rings. The summed E-state index contributed by atoms with van der Waals surface area (Å²) in [4.78, 5) is 15.9. The number of aryl methyl sites for hydroxylation is 2. The summed E-state index contributed by atoms with van der Waals surface area (Å²) in [5.41, 5.74) is 5.57. The van der Waals surface area contributed by atoms with Crippen LogP contribution >= 0.6 is 0 Å². The van der Waals surface area contributed by atoms with Crippen LogP contribution in [0, 0.1) is 6.92 Å². The lowest BCUT2D eigenvalue weighted by Gasteiger charge is -2.21. The fraction of sp³-hybridized carbons (Fsp3) is 0.714. The standard InChI is InChI=1S/C6H11NO.C5H8N2.C2H6.CH5N/c8-6-7-4-2-1-3-5-7;1-5-3-7(2)4-6-5;2*1-2/h6H,1-5H2;3-4H,1-2H3;1-2H3;2H2,1H3. The molecule has 2 heterocycles. The maximum Gasteiger partial charge on any atom is 0.209 e. The Morgan fingerprint density at radius 3 is 1.95 bits per heavy atom. The van der Waals surface area contributed by atoms with E-state index in [0.717, 1.165) is 25.2 Å². The Kier molecular flexibility index (Phi) is 15.4. The first-order valence-corrected chi connectivity index (χ1v) is 6.94. The molecule has 1 fully saturated rings. The summed E-state index contributed by atoms with van der Waals surface area (Å²) in [6, 6.07) is 0. The van der Waals surface area contributed by atoms with Gasteiger partial charge in [-0.25, -0.2) is 4.98 Å². The highest BCUT2D eigenvalue weighted by Gasteiger charge is 2.05. The van der Waals surface area contributed by atoms with E-state index < -0.39 is 0 Å². The number of carbonyl (C=O) groups excluding carboxylic acids is 1. The van der Waals surface area contributed by atoms with Crippen LogP contribution in [0.4, 0.5) is 0 Å². The molecule has 0 bridgehead atoms. The Labute approximate surface area is 117 Å². The van der Waals surface area contributed by atoms with Crippen LogP contribution < -0.4 is 5.73 Å². The van der Waals surface area contributed by atoms with Gasteiger partial charge in [0.05, 0.1) is 12.0 Å². The molecule has 1 aromatic rings. The summed E-state index contributed by atoms with van der Waals surface area (Å²) >= 11 is 0. The number of likely N-dealkylation sites (tertiary alicyclic amines) is 1. The molecule has 1 amide bonds. The van der Waals surface area contributed by atoms with E-state index in [1.165, 1.54) is 26.3 Å². The van der Waals surface area contributed by atoms with Gasteiger partial charge < -0.3 is 15.2 Å². The van der Waals surface area contributed by atoms with Gasteiger partial charge >= 0.3 is 0 Å². The quantitative estimate of drug-likeness (QED) is 0.793. The van der Waals surface area contributed by atoms with Crippen molar-refractivity contribution >= 4 is 6.41 Å². The minimum absolute atomic E-state index is 0.944. The molecule has 1 aliphatic heterocycles. The lowest BCUT2D eigenvalue weighted by molar-refractivity contribution is -0.118. The normalized spacial score (nSPS) is 12.8. The number of imidazole rings is 1. The largest absolute Gasteiger partial charge is 0.345 e. The van der Waals surface area contributed by atoms with Crippen molar-refractivity contribution in [2.75, 3.05) is 20.1 Å². The first kappa shape index (κ1) is 20.0. The van der Waals surface area contributed by atoms with Gasteiger partial charge in [0, 0.05) is 26.3 Å². The molecule has 112 valence electrons. The molecule has 1 saturated heterocycles. The van der Waals surface area contributed by atoms with Crippen molar-refractivity contribution in [3.05, 3.63) is 18.2 Å².